The van der Waals surface area contributed by atoms with Crippen LogP contribution < -0.4 is 0 Å². The fraction of sp³-hybridized carbons (Fsp3) is 0.500. The van der Waals surface area contributed by atoms with E-state index in [0.29, 0.717) is 12.5 Å². The van der Waals surface area contributed by atoms with Crippen LogP contribution in [0.2, 0.25) is 0 Å². The summed E-state index contributed by atoms with van der Waals surface area (Å²) in [6, 6.07) is 6.08. The van der Waals surface area contributed by atoms with Gasteiger partial charge in [0.1, 0.15) is 6.07 Å². The molecule has 0 aromatic carbocycles. The van der Waals surface area contributed by atoms with Crippen molar-refractivity contribution < 1.29 is 0 Å². The Kier molecular flexibility index (Phi) is 9.53. The van der Waals surface area contributed by atoms with E-state index in [1.165, 1.54) is 0 Å². The molecule has 2 aromatic rings. The highest BCUT2D eigenvalue weighted by molar-refractivity contribution is 5.42. The Morgan fingerprint density at radius 3 is 2.27 bits per heavy atom. The summed E-state index contributed by atoms with van der Waals surface area (Å²) in [5.41, 5.74) is 3.91. The second-order valence-electron chi connectivity index (χ2n) is 4.65. The molecule has 0 radical (unpaired) electrons. The molecule has 0 aliphatic carbocycles. The predicted molar refractivity (Wildman–Crippen MR) is 91.8 cm³/mol. The lowest BCUT2D eigenvalue weighted by atomic mass is 10.00. The maximum absolute atomic E-state index is 9.18. The number of aromatic nitrogens is 3. The highest BCUT2D eigenvalue weighted by Gasteiger charge is 2.15. The first-order chi connectivity index (χ1) is 10.6. The summed E-state index contributed by atoms with van der Waals surface area (Å²) in [6.45, 7) is 14.9. The van der Waals surface area contributed by atoms with Gasteiger partial charge in [0.25, 0.3) is 0 Å². The van der Waals surface area contributed by atoms with Gasteiger partial charge in [0.2, 0.25) is 0 Å². The Balaban J connectivity index is 0.00000102. The molecule has 0 aliphatic heterocycles. The summed E-state index contributed by atoms with van der Waals surface area (Å²) in [7, 11) is 0. The van der Waals surface area contributed by atoms with Crippen LogP contribution in [0.25, 0.3) is 0 Å². The zero-order chi connectivity index (χ0) is 17.1. The Labute approximate surface area is 134 Å². The maximum atomic E-state index is 9.18. The minimum Gasteiger partial charge on any atom is -0.344 e. The summed E-state index contributed by atoms with van der Waals surface area (Å²) >= 11 is 0. The van der Waals surface area contributed by atoms with Crippen LogP contribution in [0.15, 0.2) is 24.5 Å². The van der Waals surface area contributed by atoms with Gasteiger partial charge in [-0.15, -0.1) is 0 Å². The van der Waals surface area contributed by atoms with Crippen molar-refractivity contribution in [1.29, 1.82) is 5.26 Å². The third-order valence-electron chi connectivity index (χ3n) is 3.05. The summed E-state index contributed by atoms with van der Waals surface area (Å²) in [5.74, 6) is 0.350. The van der Waals surface area contributed by atoms with Crippen molar-refractivity contribution in [3.8, 4) is 6.07 Å². The quantitative estimate of drug-likeness (QED) is 0.826. The molecule has 120 valence electrons. The summed E-state index contributed by atoms with van der Waals surface area (Å²) < 4.78 is 2.07. The Morgan fingerprint density at radius 1 is 1.23 bits per heavy atom. The van der Waals surface area contributed by atoms with Gasteiger partial charge >= 0.3 is 0 Å². The van der Waals surface area contributed by atoms with Gasteiger partial charge in [-0.05, 0) is 30.5 Å². The largest absolute Gasteiger partial charge is 0.344 e. The molecule has 2 heterocycles. The van der Waals surface area contributed by atoms with Crippen LogP contribution in [-0.4, -0.2) is 14.8 Å². The maximum Gasteiger partial charge on any atom is 0.101 e. The van der Waals surface area contributed by atoms with E-state index in [4.69, 9.17) is 0 Å². The molecule has 2 aromatic heterocycles. The number of nitriles is 1. The average Bonchev–Trinajstić information content (AvgIpc) is 2.88. The van der Waals surface area contributed by atoms with Crippen LogP contribution in [0, 0.1) is 18.3 Å². The SMILES string of the molecule is CC.CC.Cc1c(C(C)C)c(C#N)cn1Cc1cccnn1. The molecule has 0 unspecified atom stereocenters. The first-order valence-electron chi connectivity index (χ1n) is 7.99. The normalized spacial score (nSPS) is 9.23. The average molecular weight is 300 g/mol. The molecule has 22 heavy (non-hydrogen) atoms. The highest BCUT2D eigenvalue weighted by atomic mass is 15.1. The van der Waals surface area contributed by atoms with Crippen LogP contribution in [0.1, 0.15) is 70.0 Å². The number of nitrogens with zero attached hydrogens (tertiary/aromatic N) is 4. The van der Waals surface area contributed by atoms with Gasteiger partial charge in [0.05, 0.1) is 17.8 Å². The molecular formula is C18H28N4. The van der Waals surface area contributed by atoms with Crippen LogP contribution >= 0.6 is 0 Å². The third kappa shape index (κ3) is 5.00. The number of hydrogen-bond donors (Lipinski definition) is 0. The van der Waals surface area contributed by atoms with E-state index in [-0.39, 0.29) is 0 Å². The highest BCUT2D eigenvalue weighted by Crippen LogP contribution is 2.25. The molecule has 0 saturated carbocycles. The van der Waals surface area contributed by atoms with Crippen molar-refractivity contribution in [3.05, 3.63) is 47.0 Å². The first-order valence-corrected chi connectivity index (χ1v) is 7.99. The second-order valence-corrected chi connectivity index (χ2v) is 4.65. The van der Waals surface area contributed by atoms with Gasteiger partial charge < -0.3 is 4.57 Å². The van der Waals surface area contributed by atoms with Crippen molar-refractivity contribution in [2.24, 2.45) is 0 Å². The zero-order valence-corrected chi connectivity index (χ0v) is 14.9. The lowest BCUT2D eigenvalue weighted by molar-refractivity contribution is 0.725. The van der Waals surface area contributed by atoms with Crippen LogP contribution in [-0.2, 0) is 6.54 Å². The van der Waals surface area contributed by atoms with Crippen LogP contribution in [0.4, 0.5) is 0 Å². The van der Waals surface area contributed by atoms with Crippen LogP contribution in [0.5, 0.6) is 0 Å². The molecule has 0 atom stereocenters. The van der Waals surface area contributed by atoms with Gasteiger partial charge in [0.15, 0.2) is 0 Å². The molecule has 0 bridgehead atoms. The van der Waals surface area contributed by atoms with Crippen molar-refractivity contribution in [3.63, 3.8) is 0 Å². The molecule has 4 heteroatoms. The lowest BCUT2D eigenvalue weighted by Crippen LogP contribution is -2.04. The van der Waals surface area contributed by atoms with E-state index in [9.17, 15) is 5.26 Å². The Morgan fingerprint density at radius 2 is 1.86 bits per heavy atom. The number of hydrogen-bond acceptors (Lipinski definition) is 3. The number of rotatable bonds is 3. The fourth-order valence-corrected chi connectivity index (χ4v) is 2.25. The van der Waals surface area contributed by atoms with Crippen molar-refractivity contribution in [1.82, 2.24) is 14.8 Å². The standard InChI is InChI=1S/C14H16N4.2C2H6/c1-10(2)14-11(3)18(8-12(14)7-15)9-13-5-4-6-16-17-13;2*1-2/h4-6,8,10H,9H2,1-3H3;2*1-2H3. The minimum absolute atomic E-state index is 0.350. The van der Waals surface area contributed by atoms with Gasteiger partial charge in [-0.2, -0.15) is 15.5 Å². The lowest BCUT2D eigenvalue weighted by Gasteiger charge is -2.08. The predicted octanol–water partition coefficient (Wildman–Crippen LogP) is 4.68. The molecule has 0 aliphatic rings. The Hall–Kier alpha value is -2.15. The van der Waals surface area contributed by atoms with Gasteiger partial charge in [-0.25, -0.2) is 0 Å². The van der Waals surface area contributed by atoms with E-state index in [2.05, 4.69) is 34.7 Å². The summed E-state index contributed by atoms with van der Waals surface area (Å²) in [6.07, 6.45) is 3.56. The molecule has 0 fully saturated rings. The molecule has 0 N–H and O–H groups in total. The van der Waals surface area contributed by atoms with Gasteiger partial charge in [0, 0.05) is 18.1 Å². The molecule has 0 spiro atoms. The molecule has 2 rings (SSSR count). The smallest absolute Gasteiger partial charge is 0.101 e. The van der Waals surface area contributed by atoms with Crippen LogP contribution in [0.3, 0.4) is 0 Å². The van der Waals surface area contributed by atoms with Crippen molar-refractivity contribution >= 4 is 0 Å². The van der Waals surface area contributed by atoms with Gasteiger partial charge in [-0.3, -0.25) is 0 Å². The van der Waals surface area contributed by atoms with E-state index < -0.39 is 0 Å². The van der Waals surface area contributed by atoms with Gasteiger partial charge in [-0.1, -0.05) is 41.5 Å². The van der Waals surface area contributed by atoms with E-state index in [1.807, 2.05) is 52.9 Å². The topological polar surface area (TPSA) is 54.5 Å². The summed E-state index contributed by atoms with van der Waals surface area (Å²) in [5, 5.41) is 17.1. The zero-order valence-electron chi connectivity index (χ0n) is 14.9. The van der Waals surface area contributed by atoms with E-state index >= 15 is 0 Å². The Bertz CT molecular complexity index is 577. The van der Waals surface area contributed by atoms with E-state index in [0.717, 1.165) is 22.5 Å². The van der Waals surface area contributed by atoms with Crippen molar-refractivity contribution in [2.75, 3.05) is 0 Å². The molecule has 0 saturated heterocycles. The monoisotopic (exact) mass is 300 g/mol. The molecular weight excluding hydrogens is 272 g/mol. The molecule has 0 amide bonds. The third-order valence-corrected chi connectivity index (χ3v) is 3.05. The fourth-order valence-electron chi connectivity index (χ4n) is 2.25. The molecule has 4 nitrogen and oxygen atoms in total. The van der Waals surface area contributed by atoms with E-state index in [1.54, 1.807) is 6.20 Å². The summed E-state index contributed by atoms with van der Waals surface area (Å²) in [4.78, 5) is 0. The first kappa shape index (κ1) is 19.9. The second kappa shape index (κ2) is 10.6. The minimum atomic E-state index is 0.350. The van der Waals surface area contributed by atoms with Crippen molar-refractivity contribution in [2.45, 2.75) is 60.9 Å².